The topological polar surface area (TPSA) is 71.1 Å². The number of benzene rings is 1. The Bertz CT molecular complexity index is 869. The molecule has 1 aliphatic carbocycles. The number of hydrogen-bond donors (Lipinski definition) is 1. The number of nitrogens with zero attached hydrogens (tertiary/aromatic N) is 2. The summed E-state index contributed by atoms with van der Waals surface area (Å²) in [6, 6.07) is 7.45. The van der Waals surface area contributed by atoms with E-state index in [1.807, 2.05) is 24.3 Å². The van der Waals surface area contributed by atoms with E-state index >= 15 is 0 Å². The van der Waals surface area contributed by atoms with Crippen LogP contribution < -0.4 is 10.1 Å². The second-order valence-corrected chi connectivity index (χ2v) is 10.6. The Labute approximate surface area is 203 Å². The van der Waals surface area contributed by atoms with Crippen LogP contribution in [0, 0.1) is 5.92 Å². The summed E-state index contributed by atoms with van der Waals surface area (Å²) in [6.07, 6.45) is 8.86. The molecule has 186 valence electrons. The van der Waals surface area contributed by atoms with Crippen LogP contribution in [-0.4, -0.2) is 78.7 Å². The number of carbonyl (C=O) groups excluding carboxylic acids is 2. The Balaban J connectivity index is 1.39. The molecule has 3 fully saturated rings. The van der Waals surface area contributed by atoms with Crippen molar-refractivity contribution in [1.29, 1.82) is 0 Å². The lowest BCUT2D eigenvalue weighted by Gasteiger charge is -2.45. The monoisotopic (exact) mass is 469 g/mol. The molecule has 2 bridgehead atoms. The van der Waals surface area contributed by atoms with E-state index in [0.29, 0.717) is 43.6 Å². The Morgan fingerprint density at radius 2 is 1.74 bits per heavy atom. The van der Waals surface area contributed by atoms with Crippen LogP contribution in [-0.2, 0) is 9.53 Å². The van der Waals surface area contributed by atoms with Gasteiger partial charge in [-0.25, -0.2) is 0 Å². The minimum atomic E-state index is -0.504. The highest BCUT2D eigenvalue weighted by Gasteiger charge is 2.39. The number of ether oxygens (including phenoxy) is 2. The van der Waals surface area contributed by atoms with Crippen molar-refractivity contribution in [2.24, 2.45) is 5.92 Å². The van der Waals surface area contributed by atoms with Gasteiger partial charge in [-0.3, -0.25) is 14.5 Å². The first-order chi connectivity index (χ1) is 16.6. The second kappa shape index (κ2) is 10.6. The number of rotatable bonds is 1. The summed E-state index contributed by atoms with van der Waals surface area (Å²) in [7, 11) is 0. The first-order valence-corrected chi connectivity index (χ1v) is 13.3. The summed E-state index contributed by atoms with van der Waals surface area (Å²) in [4.78, 5) is 31.5. The van der Waals surface area contributed by atoms with Crippen LogP contribution in [0.25, 0.3) is 0 Å². The van der Waals surface area contributed by atoms with Crippen LogP contribution in [0.15, 0.2) is 24.3 Å². The largest absolute Gasteiger partial charge is 0.493 e. The molecule has 3 aliphatic heterocycles. The maximum absolute atomic E-state index is 13.7. The molecule has 7 nitrogen and oxygen atoms in total. The van der Waals surface area contributed by atoms with Crippen molar-refractivity contribution in [3.05, 3.63) is 29.8 Å². The van der Waals surface area contributed by atoms with Crippen molar-refractivity contribution in [3.8, 4) is 5.75 Å². The molecule has 0 aromatic heterocycles. The van der Waals surface area contributed by atoms with Gasteiger partial charge in [-0.15, -0.1) is 0 Å². The fourth-order valence-corrected chi connectivity index (χ4v) is 6.11. The molecule has 5 rings (SSSR count). The highest BCUT2D eigenvalue weighted by Crippen LogP contribution is 2.30. The van der Waals surface area contributed by atoms with Crippen molar-refractivity contribution >= 4 is 11.8 Å². The molecule has 1 N–H and O–H groups in total. The third-order valence-electron chi connectivity index (χ3n) is 8.23. The predicted molar refractivity (Wildman–Crippen MR) is 130 cm³/mol. The van der Waals surface area contributed by atoms with Gasteiger partial charge in [0.1, 0.15) is 11.8 Å². The number of para-hydroxylation sites is 1. The zero-order valence-corrected chi connectivity index (χ0v) is 20.4. The van der Waals surface area contributed by atoms with E-state index in [1.165, 1.54) is 25.7 Å². The average Bonchev–Trinajstić information content (AvgIpc) is 2.87. The van der Waals surface area contributed by atoms with E-state index in [9.17, 15) is 9.59 Å². The fourth-order valence-electron chi connectivity index (χ4n) is 6.11. The number of carbonyl (C=O) groups is 2. The zero-order valence-electron chi connectivity index (χ0n) is 20.4. The average molecular weight is 470 g/mol. The molecule has 2 saturated heterocycles. The molecule has 2 amide bonds. The lowest BCUT2D eigenvalue weighted by molar-refractivity contribution is -0.130. The Morgan fingerprint density at radius 3 is 2.59 bits per heavy atom. The molecular formula is C27H39N3O4. The van der Waals surface area contributed by atoms with Crippen molar-refractivity contribution in [1.82, 2.24) is 15.1 Å². The molecule has 1 aromatic carbocycles. The van der Waals surface area contributed by atoms with Gasteiger partial charge in [0.2, 0.25) is 5.91 Å². The van der Waals surface area contributed by atoms with Crippen LogP contribution in [0.2, 0.25) is 0 Å². The molecule has 1 aromatic rings. The quantitative estimate of drug-likeness (QED) is 0.684. The summed E-state index contributed by atoms with van der Waals surface area (Å²) in [6.45, 7) is 5.31. The normalized spacial score (nSPS) is 33.7. The maximum Gasteiger partial charge on any atom is 0.258 e. The molecule has 0 spiro atoms. The minimum Gasteiger partial charge on any atom is -0.493 e. The van der Waals surface area contributed by atoms with Gasteiger partial charge in [0.05, 0.1) is 24.4 Å². The van der Waals surface area contributed by atoms with Gasteiger partial charge < -0.3 is 19.7 Å². The van der Waals surface area contributed by atoms with Crippen molar-refractivity contribution in [2.75, 3.05) is 32.8 Å². The Morgan fingerprint density at radius 1 is 0.941 bits per heavy atom. The molecule has 0 radical (unpaired) electrons. The van der Waals surface area contributed by atoms with Gasteiger partial charge in [-0.05, 0) is 63.0 Å². The first-order valence-electron chi connectivity index (χ1n) is 13.3. The standard InChI is InChI=1S/C27H39N3O4/c1-19-9-11-20(12-10-19)29-14-15-30-24(18-29)26(31)28-17-22-6-4-5-21(34-22)13-16-33-25-8-3-2-7-23(25)27(30)32/h2-3,7-8,19-22,24H,4-6,9-18H2,1H3,(H,28,31)/t19?,20?,21-,22-,24-/m0/s1. The molecule has 0 unspecified atom stereocenters. The van der Waals surface area contributed by atoms with E-state index < -0.39 is 6.04 Å². The van der Waals surface area contributed by atoms with E-state index in [1.54, 1.807) is 4.90 Å². The van der Waals surface area contributed by atoms with Crippen LogP contribution in [0.1, 0.15) is 68.6 Å². The molecule has 34 heavy (non-hydrogen) atoms. The van der Waals surface area contributed by atoms with Crippen LogP contribution >= 0.6 is 0 Å². The number of nitrogens with one attached hydrogen (secondary N) is 1. The van der Waals surface area contributed by atoms with Gasteiger partial charge >= 0.3 is 0 Å². The van der Waals surface area contributed by atoms with Gasteiger partial charge in [-0.2, -0.15) is 0 Å². The van der Waals surface area contributed by atoms with Gasteiger partial charge in [-0.1, -0.05) is 19.1 Å². The fraction of sp³-hybridized carbons (Fsp3) is 0.704. The van der Waals surface area contributed by atoms with Gasteiger partial charge in [0, 0.05) is 38.6 Å². The number of piperazine rings is 1. The zero-order chi connectivity index (χ0) is 23.5. The Kier molecular flexibility index (Phi) is 7.40. The van der Waals surface area contributed by atoms with Crippen LogP contribution in [0.5, 0.6) is 5.75 Å². The molecule has 3 atom stereocenters. The van der Waals surface area contributed by atoms with E-state index in [-0.39, 0.29) is 24.0 Å². The van der Waals surface area contributed by atoms with Crippen molar-refractivity contribution in [3.63, 3.8) is 0 Å². The summed E-state index contributed by atoms with van der Waals surface area (Å²) in [5, 5.41) is 3.15. The number of fused-ring (bicyclic) bond motifs is 4. The van der Waals surface area contributed by atoms with Crippen LogP contribution in [0.4, 0.5) is 0 Å². The third kappa shape index (κ3) is 5.25. The van der Waals surface area contributed by atoms with Crippen molar-refractivity contribution in [2.45, 2.75) is 82.6 Å². The maximum atomic E-state index is 13.7. The molecule has 3 heterocycles. The van der Waals surface area contributed by atoms with Crippen molar-refractivity contribution < 1.29 is 19.1 Å². The number of hydrogen-bond acceptors (Lipinski definition) is 5. The third-order valence-corrected chi connectivity index (χ3v) is 8.23. The lowest BCUT2D eigenvalue weighted by atomic mass is 9.86. The first kappa shape index (κ1) is 23.6. The summed E-state index contributed by atoms with van der Waals surface area (Å²) in [5.74, 6) is 1.21. The minimum absolute atomic E-state index is 0.0293. The number of amides is 2. The summed E-state index contributed by atoms with van der Waals surface area (Å²) in [5.41, 5.74) is 0.541. The summed E-state index contributed by atoms with van der Waals surface area (Å²) >= 11 is 0. The smallest absolute Gasteiger partial charge is 0.258 e. The van der Waals surface area contributed by atoms with Gasteiger partial charge in [0.25, 0.3) is 5.91 Å². The lowest BCUT2D eigenvalue weighted by Crippen LogP contribution is -2.62. The highest BCUT2D eigenvalue weighted by molar-refractivity contribution is 6.00. The molecule has 1 saturated carbocycles. The Hall–Kier alpha value is -2.12. The predicted octanol–water partition coefficient (Wildman–Crippen LogP) is 3.23. The molecule has 7 heteroatoms. The van der Waals surface area contributed by atoms with Crippen LogP contribution in [0.3, 0.4) is 0 Å². The summed E-state index contributed by atoms with van der Waals surface area (Å²) < 4.78 is 12.4. The highest BCUT2D eigenvalue weighted by atomic mass is 16.5. The van der Waals surface area contributed by atoms with E-state index in [0.717, 1.165) is 38.1 Å². The van der Waals surface area contributed by atoms with E-state index in [4.69, 9.17) is 9.47 Å². The second-order valence-electron chi connectivity index (χ2n) is 10.6. The molecular weight excluding hydrogens is 430 g/mol. The van der Waals surface area contributed by atoms with E-state index in [2.05, 4.69) is 17.1 Å². The molecule has 4 aliphatic rings. The SMILES string of the molecule is CC1CCC(N2CCN3C(=O)c4ccccc4OCC[C@@H]4CCC[C@@H](CNC(=O)[C@@H]3C2)O4)CC1. The van der Waals surface area contributed by atoms with Gasteiger partial charge in [0.15, 0.2) is 0 Å².